The van der Waals surface area contributed by atoms with Crippen LogP contribution < -0.4 is 5.73 Å². The minimum atomic E-state index is 0.749. The quantitative estimate of drug-likeness (QED) is 0.508. The van der Waals surface area contributed by atoms with E-state index in [4.69, 9.17) is 5.73 Å². The summed E-state index contributed by atoms with van der Waals surface area (Å²) in [5, 5.41) is 1.31. The number of hydrogen-bond donors (Lipinski definition) is 2. The highest BCUT2D eigenvalue weighted by Gasteiger charge is 2.13. The fourth-order valence-electron chi connectivity index (χ4n) is 2.65. The van der Waals surface area contributed by atoms with Gasteiger partial charge >= 0.3 is 0 Å². The molecule has 0 atom stereocenters. The van der Waals surface area contributed by atoms with Crippen LogP contribution in [0.3, 0.4) is 0 Å². The predicted molar refractivity (Wildman–Crippen MR) is 96.2 cm³/mol. The van der Waals surface area contributed by atoms with Crippen molar-refractivity contribution in [2.75, 3.05) is 6.54 Å². The van der Waals surface area contributed by atoms with Crippen molar-refractivity contribution in [2.24, 2.45) is 5.73 Å². The number of rotatable bonds is 5. The zero-order chi connectivity index (χ0) is 14.7. The van der Waals surface area contributed by atoms with Crippen LogP contribution >= 0.6 is 22.6 Å². The highest BCUT2D eigenvalue weighted by Crippen LogP contribution is 2.31. The summed E-state index contributed by atoms with van der Waals surface area (Å²) in [7, 11) is 0. The Kier molecular flexibility index (Phi) is 4.55. The number of aryl methyl sites for hydroxylation is 1. The Hall–Kier alpha value is -1.40. The molecule has 3 aromatic rings. The SMILES string of the molecule is NCCCCc1c(-c2ccccn2)[nH]c2ccc(I)cc12. The molecule has 2 heterocycles. The van der Waals surface area contributed by atoms with Gasteiger partial charge in [0.2, 0.25) is 0 Å². The van der Waals surface area contributed by atoms with Crippen molar-refractivity contribution in [3.8, 4) is 11.4 Å². The van der Waals surface area contributed by atoms with Crippen molar-refractivity contribution in [2.45, 2.75) is 19.3 Å². The minimum absolute atomic E-state index is 0.749. The van der Waals surface area contributed by atoms with Gasteiger partial charge in [-0.05, 0) is 84.3 Å². The van der Waals surface area contributed by atoms with Crippen molar-refractivity contribution < 1.29 is 0 Å². The van der Waals surface area contributed by atoms with Crippen LogP contribution in [0.15, 0.2) is 42.6 Å². The zero-order valence-corrected chi connectivity index (χ0v) is 13.9. The lowest BCUT2D eigenvalue weighted by Crippen LogP contribution is -1.99. The van der Waals surface area contributed by atoms with E-state index < -0.39 is 0 Å². The lowest BCUT2D eigenvalue weighted by atomic mass is 10.0. The average molecular weight is 391 g/mol. The van der Waals surface area contributed by atoms with Gasteiger partial charge in [0.05, 0.1) is 11.4 Å². The van der Waals surface area contributed by atoms with E-state index in [0.717, 1.165) is 37.2 Å². The molecule has 0 aliphatic heterocycles. The summed E-state index contributed by atoms with van der Waals surface area (Å²) in [4.78, 5) is 8.04. The first-order valence-corrected chi connectivity index (χ1v) is 8.29. The monoisotopic (exact) mass is 391 g/mol. The summed E-state index contributed by atoms with van der Waals surface area (Å²) in [6.45, 7) is 0.749. The maximum atomic E-state index is 5.63. The second-order valence-corrected chi connectivity index (χ2v) is 6.37. The number of nitrogens with one attached hydrogen (secondary N) is 1. The van der Waals surface area contributed by atoms with Gasteiger partial charge in [0.15, 0.2) is 0 Å². The summed E-state index contributed by atoms with van der Waals surface area (Å²) < 4.78 is 1.26. The average Bonchev–Trinajstić information content (AvgIpc) is 2.87. The van der Waals surface area contributed by atoms with E-state index in [9.17, 15) is 0 Å². The Morgan fingerprint density at radius 1 is 1.14 bits per heavy atom. The molecule has 0 unspecified atom stereocenters. The van der Waals surface area contributed by atoms with Crippen LogP contribution in [0, 0.1) is 3.57 Å². The van der Waals surface area contributed by atoms with Gasteiger partial charge in [0, 0.05) is 20.7 Å². The predicted octanol–water partition coefficient (Wildman–Crippen LogP) is 4.12. The molecule has 2 aromatic heterocycles. The number of aromatic amines is 1. The Morgan fingerprint density at radius 3 is 2.81 bits per heavy atom. The van der Waals surface area contributed by atoms with E-state index in [1.807, 2.05) is 18.3 Å². The van der Waals surface area contributed by atoms with Crippen molar-refractivity contribution in [3.63, 3.8) is 0 Å². The highest BCUT2D eigenvalue weighted by atomic mass is 127. The number of H-pyrrole nitrogens is 1. The normalized spacial score (nSPS) is 11.1. The minimum Gasteiger partial charge on any atom is -0.353 e. The van der Waals surface area contributed by atoms with Crippen molar-refractivity contribution in [3.05, 3.63) is 51.7 Å². The summed E-state index contributed by atoms with van der Waals surface area (Å²) in [5.41, 5.74) is 10.3. The van der Waals surface area contributed by atoms with E-state index in [1.165, 1.54) is 20.0 Å². The Balaban J connectivity index is 2.11. The number of fused-ring (bicyclic) bond motifs is 1. The first-order chi connectivity index (χ1) is 10.3. The lowest BCUT2D eigenvalue weighted by Gasteiger charge is -2.04. The number of aromatic nitrogens is 2. The molecule has 0 fully saturated rings. The second-order valence-electron chi connectivity index (χ2n) is 5.13. The molecule has 0 spiro atoms. The van der Waals surface area contributed by atoms with Crippen LogP contribution in [0.5, 0.6) is 0 Å². The van der Waals surface area contributed by atoms with Gasteiger partial charge in [0.25, 0.3) is 0 Å². The summed E-state index contributed by atoms with van der Waals surface area (Å²) >= 11 is 2.36. The molecule has 108 valence electrons. The summed E-state index contributed by atoms with van der Waals surface area (Å²) in [5.74, 6) is 0. The third-order valence-corrected chi connectivity index (χ3v) is 4.34. The number of nitrogens with two attached hydrogens (primary N) is 1. The first-order valence-electron chi connectivity index (χ1n) is 7.21. The molecule has 21 heavy (non-hydrogen) atoms. The molecule has 0 amide bonds. The topological polar surface area (TPSA) is 54.7 Å². The number of nitrogens with zero attached hydrogens (tertiary/aromatic N) is 1. The van der Waals surface area contributed by atoms with E-state index in [0.29, 0.717) is 0 Å². The number of hydrogen-bond acceptors (Lipinski definition) is 2. The number of unbranched alkanes of at least 4 members (excludes halogenated alkanes) is 1. The van der Waals surface area contributed by atoms with E-state index in [1.54, 1.807) is 0 Å². The Bertz CT molecular complexity index is 734. The lowest BCUT2D eigenvalue weighted by molar-refractivity contribution is 0.748. The molecule has 0 aliphatic carbocycles. The van der Waals surface area contributed by atoms with Crippen molar-refractivity contribution >= 4 is 33.5 Å². The smallest absolute Gasteiger partial charge is 0.0867 e. The molecular formula is C17H18IN3. The largest absolute Gasteiger partial charge is 0.353 e. The maximum Gasteiger partial charge on any atom is 0.0867 e. The molecule has 0 bridgehead atoms. The van der Waals surface area contributed by atoms with Gasteiger partial charge in [0.1, 0.15) is 0 Å². The first kappa shape index (κ1) is 14.5. The van der Waals surface area contributed by atoms with Crippen LogP contribution in [0.25, 0.3) is 22.3 Å². The van der Waals surface area contributed by atoms with Crippen LogP contribution in [-0.4, -0.2) is 16.5 Å². The van der Waals surface area contributed by atoms with Crippen LogP contribution in [-0.2, 0) is 6.42 Å². The fourth-order valence-corrected chi connectivity index (χ4v) is 3.15. The Morgan fingerprint density at radius 2 is 2.05 bits per heavy atom. The van der Waals surface area contributed by atoms with Gasteiger partial charge < -0.3 is 10.7 Å². The molecule has 3 N–H and O–H groups in total. The molecule has 3 rings (SSSR count). The maximum absolute atomic E-state index is 5.63. The highest BCUT2D eigenvalue weighted by molar-refractivity contribution is 14.1. The van der Waals surface area contributed by atoms with Crippen molar-refractivity contribution in [1.29, 1.82) is 0 Å². The van der Waals surface area contributed by atoms with Gasteiger partial charge in [-0.25, -0.2) is 0 Å². The standard InChI is InChI=1S/C17H18IN3/c18-12-7-8-15-14(11-12)13(5-1-3-9-19)17(21-15)16-6-2-4-10-20-16/h2,4,6-8,10-11,21H,1,3,5,9,19H2. The number of halogens is 1. The number of benzene rings is 1. The van der Waals surface area contributed by atoms with Gasteiger partial charge in [-0.1, -0.05) is 6.07 Å². The van der Waals surface area contributed by atoms with Crippen LogP contribution in [0.2, 0.25) is 0 Å². The van der Waals surface area contributed by atoms with Crippen LogP contribution in [0.1, 0.15) is 18.4 Å². The number of pyridine rings is 1. The molecule has 0 saturated carbocycles. The van der Waals surface area contributed by atoms with E-state index >= 15 is 0 Å². The molecule has 1 aromatic carbocycles. The molecular weight excluding hydrogens is 373 g/mol. The zero-order valence-electron chi connectivity index (χ0n) is 11.8. The molecule has 3 nitrogen and oxygen atoms in total. The summed E-state index contributed by atoms with van der Waals surface area (Å²) in [6, 6.07) is 12.6. The molecule has 0 saturated heterocycles. The van der Waals surface area contributed by atoms with E-state index in [-0.39, 0.29) is 0 Å². The third kappa shape index (κ3) is 3.11. The van der Waals surface area contributed by atoms with Gasteiger partial charge in [-0.2, -0.15) is 0 Å². The van der Waals surface area contributed by atoms with Gasteiger partial charge in [-0.15, -0.1) is 0 Å². The second kappa shape index (κ2) is 6.58. The molecule has 0 radical (unpaired) electrons. The Labute approximate surface area is 138 Å². The third-order valence-electron chi connectivity index (χ3n) is 3.67. The molecule has 4 heteroatoms. The molecule has 0 aliphatic rings. The summed E-state index contributed by atoms with van der Waals surface area (Å²) in [6.07, 6.45) is 5.03. The fraction of sp³-hybridized carbons (Fsp3) is 0.235. The van der Waals surface area contributed by atoms with Crippen LogP contribution in [0.4, 0.5) is 0 Å². The van der Waals surface area contributed by atoms with E-state index in [2.05, 4.69) is 56.8 Å². The van der Waals surface area contributed by atoms with Crippen molar-refractivity contribution in [1.82, 2.24) is 9.97 Å². The van der Waals surface area contributed by atoms with Gasteiger partial charge in [-0.3, -0.25) is 4.98 Å².